The zero-order valence-corrected chi connectivity index (χ0v) is 28.3. The number of benzene rings is 4. The third-order valence-corrected chi connectivity index (χ3v) is 7.90. The van der Waals surface area contributed by atoms with Crippen molar-refractivity contribution < 1.29 is 19.1 Å². The van der Waals surface area contributed by atoms with Crippen LogP contribution in [0.1, 0.15) is 58.5 Å². The first kappa shape index (κ1) is 33.3. The molecule has 0 saturated heterocycles. The van der Waals surface area contributed by atoms with Gasteiger partial charge in [-0.05, 0) is 60.4 Å². The predicted molar refractivity (Wildman–Crippen MR) is 182 cm³/mol. The van der Waals surface area contributed by atoms with Crippen molar-refractivity contribution in [2.45, 2.75) is 39.8 Å². The molecular weight excluding hydrogens is 684 g/mol. The number of hydrogen-bond acceptors (Lipinski definition) is 4. The van der Waals surface area contributed by atoms with E-state index in [1.807, 2.05) is 98.8 Å². The van der Waals surface area contributed by atoms with Gasteiger partial charge in [-0.3, -0.25) is 9.59 Å². The summed E-state index contributed by atoms with van der Waals surface area (Å²) in [6.45, 7) is 6.47. The van der Waals surface area contributed by atoms with Crippen LogP contribution in [0.3, 0.4) is 0 Å². The molecule has 0 aliphatic carbocycles. The van der Waals surface area contributed by atoms with Crippen LogP contribution < -0.4 is 9.47 Å². The molecule has 0 saturated carbocycles. The topological polar surface area (TPSA) is 59.1 Å². The van der Waals surface area contributed by atoms with Gasteiger partial charge in [0, 0.05) is 35.1 Å². The summed E-state index contributed by atoms with van der Waals surface area (Å²) in [4.78, 5) is 32.0. The van der Waals surface area contributed by atoms with Crippen LogP contribution in [0, 0.1) is 0 Å². The van der Waals surface area contributed by atoms with Crippen LogP contribution in [0.15, 0.2) is 106 Å². The molecule has 4 aromatic carbocycles. The second-order valence-corrected chi connectivity index (χ2v) is 12.2. The largest absolute Gasteiger partial charge is 0.493 e. The molecule has 0 heterocycles. The van der Waals surface area contributed by atoms with E-state index in [1.165, 1.54) is 0 Å². The fraction of sp³-hybridized carbons (Fsp3) is 0.278. The molecule has 6 nitrogen and oxygen atoms in total. The second-order valence-electron chi connectivity index (χ2n) is 10.4. The molecular formula is C36H38Br2N2O4. The zero-order chi connectivity index (χ0) is 31.3. The van der Waals surface area contributed by atoms with Crippen molar-refractivity contribution in [2.24, 2.45) is 0 Å². The van der Waals surface area contributed by atoms with E-state index in [0.717, 1.165) is 32.9 Å². The van der Waals surface area contributed by atoms with Crippen molar-refractivity contribution in [1.29, 1.82) is 0 Å². The molecule has 0 aliphatic heterocycles. The number of ether oxygens (including phenoxy) is 2. The van der Waals surface area contributed by atoms with Crippen molar-refractivity contribution in [3.05, 3.63) is 128 Å². The van der Waals surface area contributed by atoms with Gasteiger partial charge in [-0.1, -0.05) is 106 Å². The van der Waals surface area contributed by atoms with Gasteiger partial charge < -0.3 is 19.3 Å². The van der Waals surface area contributed by atoms with Crippen LogP contribution in [0.25, 0.3) is 0 Å². The molecule has 0 spiro atoms. The van der Waals surface area contributed by atoms with Crippen LogP contribution in [0.4, 0.5) is 0 Å². The highest BCUT2D eigenvalue weighted by molar-refractivity contribution is 9.10. The molecule has 230 valence electrons. The van der Waals surface area contributed by atoms with Gasteiger partial charge in [-0.25, -0.2) is 0 Å². The fourth-order valence-corrected chi connectivity index (χ4v) is 5.43. The number of halogens is 2. The summed E-state index contributed by atoms with van der Waals surface area (Å²) < 4.78 is 13.5. The van der Waals surface area contributed by atoms with Crippen molar-refractivity contribution in [2.75, 3.05) is 26.3 Å². The number of amides is 2. The predicted octanol–water partition coefficient (Wildman–Crippen LogP) is 8.77. The first-order valence-corrected chi connectivity index (χ1v) is 16.5. The number of carbonyl (C=O) groups excluding carboxylic acids is 2. The summed E-state index contributed by atoms with van der Waals surface area (Å²) in [6, 6.07) is 30.8. The summed E-state index contributed by atoms with van der Waals surface area (Å²) in [6.07, 6.45) is 1.65. The maximum absolute atomic E-state index is 14.2. The Kier molecular flexibility index (Phi) is 12.9. The Balaban J connectivity index is 1.67. The third kappa shape index (κ3) is 9.44. The normalized spacial score (nSPS) is 10.7. The van der Waals surface area contributed by atoms with Gasteiger partial charge in [-0.2, -0.15) is 0 Å². The Hall–Kier alpha value is -3.62. The SMILES string of the molecule is CCCOc1ccc(Br)cc1C(=O)N(CCN(Cc1ccccc1)C(=O)c1cc(Br)ccc1OCCC)Cc1ccccc1. The Morgan fingerprint density at radius 3 is 1.34 bits per heavy atom. The lowest BCUT2D eigenvalue weighted by atomic mass is 10.1. The van der Waals surface area contributed by atoms with Crippen LogP contribution in [0.5, 0.6) is 11.5 Å². The molecule has 0 aromatic heterocycles. The van der Waals surface area contributed by atoms with Gasteiger partial charge in [0.25, 0.3) is 11.8 Å². The number of hydrogen-bond donors (Lipinski definition) is 0. The number of carbonyl (C=O) groups is 2. The molecule has 0 fully saturated rings. The summed E-state index contributed by atoms with van der Waals surface area (Å²) >= 11 is 7.06. The van der Waals surface area contributed by atoms with Crippen molar-refractivity contribution in [3.63, 3.8) is 0 Å². The summed E-state index contributed by atoms with van der Waals surface area (Å²) in [5.74, 6) is 0.759. The average Bonchev–Trinajstić information content (AvgIpc) is 3.05. The van der Waals surface area contributed by atoms with Crippen molar-refractivity contribution >= 4 is 43.7 Å². The van der Waals surface area contributed by atoms with Gasteiger partial charge in [0.15, 0.2) is 0 Å². The third-order valence-electron chi connectivity index (χ3n) is 6.91. The first-order valence-electron chi connectivity index (χ1n) is 14.9. The minimum Gasteiger partial charge on any atom is -0.493 e. The molecule has 0 N–H and O–H groups in total. The maximum Gasteiger partial charge on any atom is 0.258 e. The molecule has 4 aromatic rings. The molecule has 4 rings (SSSR count). The van der Waals surface area contributed by atoms with E-state index in [1.54, 1.807) is 21.9 Å². The van der Waals surface area contributed by atoms with E-state index in [-0.39, 0.29) is 11.8 Å². The number of rotatable bonds is 15. The molecule has 0 bridgehead atoms. The molecule has 2 amide bonds. The Labute approximate surface area is 277 Å². The highest BCUT2D eigenvalue weighted by atomic mass is 79.9. The smallest absolute Gasteiger partial charge is 0.258 e. The maximum atomic E-state index is 14.2. The molecule has 44 heavy (non-hydrogen) atoms. The Morgan fingerprint density at radius 1 is 0.591 bits per heavy atom. The lowest BCUT2D eigenvalue weighted by Crippen LogP contribution is -2.41. The minimum atomic E-state index is -0.164. The van der Waals surface area contributed by atoms with Gasteiger partial charge >= 0.3 is 0 Å². The van der Waals surface area contributed by atoms with Crippen molar-refractivity contribution in [3.8, 4) is 11.5 Å². The molecule has 0 radical (unpaired) electrons. The van der Waals surface area contributed by atoms with E-state index in [4.69, 9.17) is 9.47 Å². The lowest BCUT2D eigenvalue weighted by molar-refractivity contribution is 0.0639. The second kappa shape index (κ2) is 17.0. The number of nitrogens with zero attached hydrogens (tertiary/aromatic N) is 2. The molecule has 0 unspecified atom stereocenters. The quantitative estimate of drug-likeness (QED) is 0.123. The monoisotopic (exact) mass is 720 g/mol. The summed E-state index contributed by atoms with van der Waals surface area (Å²) in [7, 11) is 0. The van der Waals surface area contributed by atoms with Crippen molar-refractivity contribution in [1.82, 2.24) is 9.80 Å². The lowest BCUT2D eigenvalue weighted by Gasteiger charge is -2.29. The molecule has 0 atom stereocenters. The van der Waals surface area contributed by atoms with E-state index >= 15 is 0 Å². The van der Waals surface area contributed by atoms with E-state index in [2.05, 4.69) is 31.9 Å². The summed E-state index contributed by atoms with van der Waals surface area (Å²) in [5.41, 5.74) is 2.95. The zero-order valence-electron chi connectivity index (χ0n) is 25.2. The fourth-order valence-electron chi connectivity index (χ4n) is 4.71. The minimum absolute atomic E-state index is 0.164. The molecule has 0 aliphatic rings. The van der Waals surface area contributed by atoms with Gasteiger partial charge in [0.1, 0.15) is 11.5 Å². The Bertz CT molecular complexity index is 1400. The summed E-state index contributed by atoms with van der Waals surface area (Å²) in [5, 5.41) is 0. The Morgan fingerprint density at radius 2 is 0.977 bits per heavy atom. The van der Waals surface area contributed by atoms with Crippen LogP contribution in [0.2, 0.25) is 0 Å². The standard InChI is InChI=1S/C36H38Br2N2O4/c1-3-21-43-33-17-15-29(37)23-31(33)35(41)39(25-27-11-7-5-8-12-27)19-20-40(26-28-13-9-6-10-14-28)36(42)32-24-30(38)16-18-34(32)44-22-4-2/h5-18,23-24H,3-4,19-22,25-26H2,1-2H3. The van der Waals surface area contributed by atoms with Gasteiger partial charge in [-0.15, -0.1) is 0 Å². The van der Waals surface area contributed by atoms with E-state index in [9.17, 15) is 9.59 Å². The highest BCUT2D eigenvalue weighted by Gasteiger charge is 2.25. The van der Waals surface area contributed by atoms with Crippen LogP contribution in [-0.4, -0.2) is 47.9 Å². The van der Waals surface area contributed by atoms with E-state index in [0.29, 0.717) is 62.0 Å². The van der Waals surface area contributed by atoms with Gasteiger partial charge in [0.05, 0.1) is 24.3 Å². The molecule has 8 heteroatoms. The van der Waals surface area contributed by atoms with E-state index < -0.39 is 0 Å². The van der Waals surface area contributed by atoms with Crippen LogP contribution >= 0.6 is 31.9 Å². The first-order chi connectivity index (χ1) is 21.4. The highest BCUT2D eigenvalue weighted by Crippen LogP contribution is 2.28. The van der Waals surface area contributed by atoms with Crippen LogP contribution in [-0.2, 0) is 13.1 Å². The van der Waals surface area contributed by atoms with Gasteiger partial charge in [0.2, 0.25) is 0 Å². The average molecular weight is 723 g/mol.